The summed E-state index contributed by atoms with van der Waals surface area (Å²) in [6, 6.07) is 7.51. The molecular formula is C15H18N4O2. The van der Waals surface area contributed by atoms with E-state index in [4.69, 9.17) is 4.74 Å². The van der Waals surface area contributed by atoms with Gasteiger partial charge in [0.1, 0.15) is 12.4 Å². The number of anilines is 1. The van der Waals surface area contributed by atoms with Crippen molar-refractivity contribution in [2.75, 3.05) is 11.9 Å². The Labute approximate surface area is 123 Å². The van der Waals surface area contributed by atoms with Crippen molar-refractivity contribution in [1.29, 1.82) is 0 Å². The Morgan fingerprint density at radius 1 is 1.48 bits per heavy atom. The van der Waals surface area contributed by atoms with Gasteiger partial charge < -0.3 is 10.1 Å². The van der Waals surface area contributed by atoms with Gasteiger partial charge in [-0.25, -0.2) is 4.98 Å². The maximum atomic E-state index is 12.2. The average Bonchev–Trinajstić information content (AvgIpc) is 3.08. The number of amides is 1. The number of aryl methyl sites for hydroxylation is 1. The Bertz CT molecular complexity index is 653. The fourth-order valence-electron chi connectivity index (χ4n) is 2.45. The highest BCUT2D eigenvalue weighted by Gasteiger charge is 2.30. The number of hydrogen-bond acceptors (Lipinski definition) is 4. The van der Waals surface area contributed by atoms with Crippen LogP contribution in [0.15, 0.2) is 30.6 Å². The molecule has 3 rings (SSSR count). The molecule has 0 aliphatic carbocycles. The average molecular weight is 286 g/mol. The summed E-state index contributed by atoms with van der Waals surface area (Å²) in [6.07, 6.45) is 2.21. The molecule has 1 aromatic carbocycles. The number of nitrogens with zero attached hydrogens (tertiary/aromatic N) is 3. The standard InChI is InChI=1S/C15H18N4O2/c1-10-6-7-21-13(10)15(20)17-12-5-3-4-11(8-12)14-16-9-19(2)18-14/h3-5,8-10,13H,6-7H2,1-2H3,(H,17,20)/t10-,13-/m0/s1. The lowest BCUT2D eigenvalue weighted by Gasteiger charge is -2.14. The van der Waals surface area contributed by atoms with Gasteiger partial charge in [-0.05, 0) is 24.5 Å². The molecule has 1 saturated heterocycles. The predicted octanol–water partition coefficient (Wildman–Crippen LogP) is 1.85. The van der Waals surface area contributed by atoms with Gasteiger partial charge in [0.15, 0.2) is 5.82 Å². The van der Waals surface area contributed by atoms with Gasteiger partial charge in [0.25, 0.3) is 5.91 Å². The second-order valence-electron chi connectivity index (χ2n) is 5.37. The molecule has 110 valence electrons. The molecule has 0 bridgehead atoms. The first-order valence-electron chi connectivity index (χ1n) is 7.02. The molecular weight excluding hydrogens is 268 g/mol. The molecule has 1 amide bonds. The van der Waals surface area contributed by atoms with Crippen LogP contribution in [-0.2, 0) is 16.6 Å². The summed E-state index contributed by atoms with van der Waals surface area (Å²) in [4.78, 5) is 16.4. The Hall–Kier alpha value is -2.21. The monoisotopic (exact) mass is 286 g/mol. The molecule has 2 heterocycles. The molecule has 0 spiro atoms. The number of carbonyl (C=O) groups is 1. The van der Waals surface area contributed by atoms with E-state index in [1.165, 1.54) is 0 Å². The van der Waals surface area contributed by atoms with Crippen molar-refractivity contribution in [3.8, 4) is 11.4 Å². The first-order valence-corrected chi connectivity index (χ1v) is 7.02. The number of carbonyl (C=O) groups excluding carboxylic acids is 1. The zero-order valence-electron chi connectivity index (χ0n) is 12.1. The van der Waals surface area contributed by atoms with Crippen LogP contribution < -0.4 is 5.32 Å². The highest BCUT2D eigenvalue weighted by Crippen LogP contribution is 2.23. The molecule has 0 radical (unpaired) electrons. The smallest absolute Gasteiger partial charge is 0.253 e. The molecule has 1 aliphatic heterocycles. The third-order valence-electron chi connectivity index (χ3n) is 3.63. The normalized spacial score (nSPS) is 21.4. The fourth-order valence-corrected chi connectivity index (χ4v) is 2.45. The van der Waals surface area contributed by atoms with Crippen molar-refractivity contribution in [1.82, 2.24) is 14.8 Å². The molecule has 6 nitrogen and oxygen atoms in total. The van der Waals surface area contributed by atoms with Gasteiger partial charge in [-0.1, -0.05) is 19.1 Å². The predicted molar refractivity (Wildman–Crippen MR) is 78.6 cm³/mol. The summed E-state index contributed by atoms with van der Waals surface area (Å²) in [5.41, 5.74) is 1.60. The first kappa shape index (κ1) is 13.8. The van der Waals surface area contributed by atoms with E-state index in [1.807, 2.05) is 38.2 Å². The summed E-state index contributed by atoms with van der Waals surface area (Å²) in [5.74, 6) is 0.802. The van der Waals surface area contributed by atoms with Crippen LogP contribution in [0.1, 0.15) is 13.3 Å². The van der Waals surface area contributed by atoms with Gasteiger partial charge >= 0.3 is 0 Å². The maximum Gasteiger partial charge on any atom is 0.253 e. The second-order valence-corrected chi connectivity index (χ2v) is 5.37. The van der Waals surface area contributed by atoms with Crippen LogP contribution in [0.5, 0.6) is 0 Å². The third kappa shape index (κ3) is 2.95. The zero-order chi connectivity index (χ0) is 14.8. The molecule has 6 heteroatoms. The van der Waals surface area contributed by atoms with E-state index in [-0.39, 0.29) is 17.9 Å². The molecule has 0 saturated carbocycles. The summed E-state index contributed by atoms with van der Waals surface area (Å²) in [7, 11) is 1.82. The van der Waals surface area contributed by atoms with E-state index in [0.717, 1.165) is 17.7 Å². The lowest BCUT2D eigenvalue weighted by Crippen LogP contribution is -2.31. The van der Waals surface area contributed by atoms with Crippen LogP contribution in [-0.4, -0.2) is 33.4 Å². The van der Waals surface area contributed by atoms with Crippen LogP contribution in [0, 0.1) is 5.92 Å². The zero-order valence-corrected chi connectivity index (χ0v) is 12.1. The van der Waals surface area contributed by atoms with Crippen molar-refractivity contribution in [3.05, 3.63) is 30.6 Å². The van der Waals surface area contributed by atoms with E-state index >= 15 is 0 Å². The van der Waals surface area contributed by atoms with E-state index in [1.54, 1.807) is 11.0 Å². The number of benzene rings is 1. The lowest BCUT2D eigenvalue weighted by molar-refractivity contribution is -0.126. The van der Waals surface area contributed by atoms with Gasteiger partial charge in [-0.2, -0.15) is 5.10 Å². The van der Waals surface area contributed by atoms with Gasteiger partial charge in [0, 0.05) is 24.9 Å². The van der Waals surface area contributed by atoms with Crippen molar-refractivity contribution in [2.45, 2.75) is 19.4 Å². The van der Waals surface area contributed by atoms with Crippen LogP contribution in [0.3, 0.4) is 0 Å². The SMILES string of the molecule is C[C@H]1CCO[C@@H]1C(=O)Nc1cccc(-c2ncn(C)n2)c1. The van der Waals surface area contributed by atoms with Crippen molar-refractivity contribution in [2.24, 2.45) is 13.0 Å². The minimum Gasteiger partial charge on any atom is -0.368 e. The number of ether oxygens (including phenoxy) is 1. The third-order valence-corrected chi connectivity index (χ3v) is 3.63. The Balaban J connectivity index is 1.76. The second kappa shape index (κ2) is 5.65. The minimum absolute atomic E-state index is 0.0915. The molecule has 1 N–H and O–H groups in total. The van der Waals surface area contributed by atoms with Gasteiger partial charge in [-0.3, -0.25) is 9.48 Å². The largest absolute Gasteiger partial charge is 0.368 e. The summed E-state index contributed by atoms with van der Waals surface area (Å²) in [6.45, 7) is 2.68. The van der Waals surface area contributed by atoms with Crippen molar-refractivity contribution in [3.63, 3.8) is 0 Å². The molecule has 0 unspecified atom stereocenters. The Morgan fingerprint density at radius 2 is 2.33 bits per heavy atom. The maximum absolute atomic E-state index is 12.2. The molecule has 2 atom stereocenters. The van der Waals surface area contributed by atoms with E-state index in [9.17, 15) is 4.79 Å². The van der Waals surface area contributed by atoms with Crippen LogP contribution in [0.25, 0.3) is 11.4 Å². The minimum atomic E-state index is -0.360. The van der Waals surface area contributed by atoms with Crippen LogP contribution in [0.4, 0.5) is 5.69 Å². The molecule has 1 aromatic heterocycles. The molecule has 1 fully saturated rings. The number of hydrogen-bond donors (Lipinski definition) is 1. The van der Waals surface area contributed by atoms with Gasteiger partial charge in [-0.15, -0.1) is 0 Å². The van der Waals surface area contributed by atoms with Crippen molar-refractivity contribution < 1.29 is 9.53 Å². The summed E-state index contributed by atoms with van der Waals surface area (Å²) < 4.78 is 7.12. The highest BCUT2D eigenvalue weighted by molar-refractivity contribution is 5.95. The summed E-state index contributed by atoms with van der Waals surface area (Å²) in [5, 5.41) is 7.16. The molecule has 1 aliphatic rings. The highest BCUT2D eigenvalue weighted by atomic mass is 16.5. The van der Waals surface area contributed by atoms with Crippen LogP contribution >= 0.6 is 0 Å². The van der Waals surface area contributed by atoms with E-state index < -0.39 is 0 Å². The number of nitrogens with one attached hydrogen (secondary N) is 1. The number of rotatable bonds is 3. The Kier molecular flexibility index (Phi) is 3.70. The van der Waals surface area contributed by atoms with E-state index in [0.29, 0.717) is 12.4 Å². The quantitative estimate of drug-likeness (QED) is 0.935. The summed E-state index contributed by atoms with van der Waals surface area (Å²) >= 11 is 0. The topological polar surface area (TPSA) is 69.0 Å². The molecule has 2 aromatic rings. The van der Waals surface area contributed by atoms with Gasteiger partial charge in [0.05, 0.1) is 0 Å². The van der Waals surface area contributed by atoms with Gasteiger partial charge in [0.2, 0.25) is 0 Å². The van der Waals surface area contributed by atoms with E-state index in [2.05, 4.69) is 15.4 Å². The fraction of sp³-hybridized carbons (Fsp3) is 0.400. The number of aromatic nitrogens is 3. The molecule has 21 heavy (non-hydrogen) atoms. The van der Waals surface area contributed by atoms with Crippen molar-refractivity contribution >= 4 is 11.6 Å². The van der Waals surface area contributed by atoms with Crippen LogP contribution in [0.2, 0.25) is 0 Å². The first-order chi connectivity index (χ1) is 10.1. The lowest BCUT2D eigenvalue weighted by atomic mass is 10.0. The Morgan fingerprint density at radius 3 is 3.00 bits per heavy atom.